The minimum atomic E-state index is -0.522. The number of amides is 1. The molecule has 2 aromatic heterocycles. The molecule has 1 amide bonds. The quantitative estimate of drug-likeness (QED) is 0.239. The number of carbonyl (C=O) groups is 1. The molecule has 31 heavy (non-hydrogen) atoms. The van der Waals surface area contributed by atoms with Gasteiger partial charge in [0.05, 0.1) is 10.7 Å². The molecule has 2 aromatic carbocycles. The number of anilines is 1. The van der Waals surface area contributed by atoms with Crippen molar-refractivity contribution in [1.82, 2.24) is 14.8 Å². The van der Waals surface area contributed by atoms with Crippen LogP contribution in [0.2, 0.25) is 0 Å². The third-order valence-corrected chi connectivity index (χ3v) is 6.14. The molecule has 4 rings (SSSR count). The smallest absolute Gasteiger partial charge is 0.292 e. The van der Waals surface area contributed by atoms with Crippen molar-refractivity contribution in [2.75, 3.05) is 11.1 Å². The number of para-hydroxylation sites is 3. The minimum absolute atomic E-state index is 0.0377. The fraction of sp³-hybridized carbons (Fsp3) is 0.0952. The molecular weight excluding hydrogens is 434 g/mol. The lowest BCUT2D eigenvalue weighted by Crippen LogP contribution is -2.15. The van der Waals surface area contributed by atoms with E-state index in [4.69, 9.17) is 0 Å². The highest BCUT2D eigenvalue weighted by molar-refractivity contribution is 7.99. The maximum Gasteiger partial charge on any atom is 0.292 e. The van der Waals surface area contributed by atoms with Gasteiger partial charge < -0.3 is 5.32 Å². The van der Waals surface area contributed by atoms with Crippen molar-refractivity contribution >= 4 is 40.4 Å². The zero-order valence-corrected chi connectivity index (χ0v) is 17.8. The van der Waals surface area contributed by atoms with Gasteiger partial charge >= 0.3 is 0 Å². The monoisotopic (exact) mass is 451 g/mol. The summed E-state index contributed by atoms with van der Waals surface area (Å²) >= 11 is 2.87. The molecule has 2 heterocycles. The highest BCUT2D eigenvalue weighted by Gasteiger charge is 2.18. The third-order valence-electron chi connectivity index (χ3n) is 4.33. The molecule has 156 valence electrons. The number of benzene rings is 2. The third kappa shape index (κ3) is 4.98. The van der Waals surface area contributed by atoms with E-state index in [1.165, 1.54) is 23.9 Å². The second kappa shape index (κ2) is 9.54. The van der Waals surface area contributed by atoms with Crippen LogP contribution < -0.4 is 5.32 Å². The molecule has 0 spiro atoms. The summed E-state index contributed by atoms with van der Waals surface area (Å²) in [7, 11) is 0. The number of nitrogens with zero attached hydrogens (tertiary/aromatic N) is 4. The summed E-state index contributed by atoms with van der Waals surface area (Å²) in [5.41, 5.74) is 0.924. The zero-order valence-electron chi connectivity index (χ0n) is 16.2. The molecule has 0 atom stereocenters. The number of hydrogen-bond donors (Lipinski definition) is 1. The highest BCUT2D eigenvalue weighted by Crippen LogP contribution is 2.26. The van der Waals surface area contributed by atoms with E-state index in [9.17, 15) is 14.9 Å². The minimum Gasteiger partial charge on any atom is -0.320 e. The molecule has 8 nitrogen and oxygen atoms in total. The Labute approximate surface area is 186 Å². The molecule has 0 fully saturated rings. The first kappa shape index (κ1) is 20.8. The summed E-state index contributed by atoms with van der Waals surface area (Å²) in [6.45, 7) is 0. The van der Waals surface area contributed by atoms with E-state index in [1.54, 1.807) is 23.5 Å². The lowest BCUT2D eigenvalue weighted by atomic mass is 10.2. The van der Waals surface area contributed by atoms with Crippen molar-refractivity contribution in [2.24, 2.45) is 0 Å². The Kier molecular flexibility index (Phi) is 6.39. The number of aromatic nitrogens is 3. The number of thiophene rings is 1. The summed E-state index contributed by atoms with van der Waals surface area (Å²) in [5.74, 6) is 0.452. The molecule has 0 saturated carbocycles. The lowest BCUT2D eigenvalue weighted by Gasteiger charge is -2.10. The van der Waals surface area contributed by atoms with Crippen LogP contribution in [-0.2, 0) is 11.2 Å². The summed E-state index contributed by atoms with van der Waals surface area (Å²) in [6.07, 6.45) is 0.628. The average Bonchev–Trinajstić information content (AvgIpc) is 3.43. The number of carbonyl (C=O) groups excluding carboxylic acids is 1. The van der Waals surface area contributed by atoms with Gasteiger partial charge in [-0.05, 0) is 29.6 Å². The standard InChI is InChI=1S/C21H17N5O3S2/c27-20(22-17-10-4-5-11-18(17)26(28)29)14-31-21-24-23-19(13-16-9-6-12-30-16)25(21)15-7-2-1-3-8-15/h1-12H,13-14H2,(H,22,27). The molecule has 10 heteroatoms. The van der Waals surface area contributed by atoms with Crippen LogP contribution >= 0.6 is 23.1 Å². The van der Waals surface area contributed by atoms with Crippen molar-refractivity contribution < 1.29 is 9.72 Å². The van der Waals surface area contributed by atoms with Crippen molar-refractivity contribution in [3.05, 3.63) is 92.9 Å². The molecule has 0 aliphatic rings. The van der Waals surface area contributed by atoms with Crippen LogP contribution in [0.3, 0.4) is 0 Å². The second-order valence-corrected chi connectivity index (χ2v) is 8.41. The maximum absolute atomic E-state index is 12.5. The number of nitro benzene ring substituents is 1. The number of hydrogen-bond acceptors (Lipinski definition) is 7. The predicted molar refractivity (Wildman–Crippen MR) is 121 cm³/mol. The second-order valence-electron chi connectivity index (χ2n) is 6.44. The summed E-state index contributed by atoms with van der Waals surface area (Å²) in [6, 6.07) is 19.8. The van der Waals surface area contributed by atoms with Crippen molar-refractivity contribution in [3.8, 4) is 5.69 Å². The van der Waals surface area contributed by atoms with Crippen LogP contribution in [0.4, 0.5) is 11.4 Å². The Balaban J connectivity index is 1.53. The fourth-order valence-electron chi connectivity index (χ4n) is 2.97. The van der Waals surface area contributed by atoms with Gasteiger partial charge in [-0.25, -0.2) is 0 Å². The van der Waals surface area contributed by atoms with Crippen LogP contribution in [0, 0.1) is 10.1 Å². The average molecular weight is 452 g/mol. The normalized spacial score (nSPS) is 10.7. The Morgan fingerprint density at radius 3 is 2.58 bits per heavy atom. The Bertz CT molecular complexity index is 1190. The molecule has 0 unspecified atom stereocenters. The van der Waals surface area contributed by atoms with Crippen LogP contribution in [0.5, 0.6) is 0 Å². The summed E-state index contributed by atoms with van der Waals surface area (Å²) < 4.78 is 1.93. The topological polar surface area (TPSA) is 103 Å². The van der Waals surface area contributed by atoms with Crippen LogP contribution in [-0.4, -0.2) is 31.3 Å². The predicted octanol–water partition coefficient (Wildman–Crippen LogP) is 4.56. The molecule has 0 bridgehead atoms. The maximum atomic E-state index is 12.5. The number of rotatable bonds is 8. The van der Waals surface area contributed by atoms with Gasteiger partial charge in [0.15, 0.2) is 5.16 Å². The molecule has 0 aliphatic heterocycles. The van der Waals surface area contributed by atoms with E-state index >= 15 is 0 Å². The van der Waals surface area contributed by atoms with Gasteiger partial charge in [-0.15, -0.1) is 21.5 Å². The largest absolute Gasteiger partial charge is 0.320 e. The Morgan fingerprint density at radius 1 is 1.06 bits per heavy atom. The Morgan fingerprint density at radius 2 is 1.84 bits per heavy atom. The fourth-order valence-corrected chi connectivity index (χ4v) is 4.44. The van der Waals surface area contributed by atoms with Crippen LogP contribution in [0.15, 0.2) is 77.3 Å². The van der Waals surface area contributed by atoms with E-state index in [0.717, 1.165) is 16.4 Å². The van der Waals surface area contributed by atoms with E-state index < -0.39 is 4.92 Å². The molecule has 0 aliphatic carbocycles. The van der Waals surface area contributed by atoms with Crippen LogP contribution in [0.1, 0.15) is 10.7 Å². The molecular formula is C21H17N5O3S2. The van der Waals surface area contributed by atoms with Gasteiger partial charge in [0.25, 0.3) is 5.69 Å². The first-order chi connectivity index (χ1) is 15.1. The van der Waals surface area contributed by atoms with Gasteiger partial charge in [0, 0.05) is 23.1 Å². The van der Waals surface area contributed by atoms with Gasteiger partial charge in [0.2, 0.25) is 5.91 Å². The SMILES string of the molecule is O=C(CSc1nnc(Cc2cccs2)n1-c1ccccc1)Nc1ccccc1[N+](=O)[O-]. The van der Waals surface area contributed by atoms with Crippen molar-refractivity contribution in [2.45, 2.75) is 11.6 Å². The van der Waals surface area contributed by atoms with Crippen LogP contribution in [0.25, 0.3) is 5.69 Å². The van der Waals surface area contributed by atoms with E-state index in [2.05, 4.69) is 15.5 Å². The zero-order chi connectivity index (χ0) is 21.6. The van der Waals surface area contributed by atoms with Gasteiger partial charge in [-0.3, -0.25) is 19.5 Å². The van der Waals surface area contributed by atoms with Crippen molar-refractivity contribution in [3.63, 3.8) is 0 Å². The molecule has 1 N–H and O–H groups in total. The number of thioether (sulfide) groups is 1. The number of nitro groups is 1. The molecule has 4 aromatic rings. The van der Waals surface area contributed by atoms with E-state index in [1.807, 2.05) is 52.4 Å². The summed E-state index contributed by atoms with van der Waals surface area (Å²) in [5, 5.41) is 25.0. The van der Waals surface area contributed by atoms with Gasteiger partial charge in [0.1, 0.15) is 11.5 Å². The first-order valence-corrected chi connectivity index (χ1v) is 11.2. The molecule has 0 saturated heterocycles. The van der Waals surface area contributed by atoms with Gasteiger partial charge in [-0.2, -0.15) is 0 Å². The van der Waals surface area contributed by atoms with E-state index in [0.29, 0.717) is 11.6 Å². The Hall–Kier alpha value is -3.50. The number of nitrogens with one attached hydrogen (secondary N) is 1. The van der Waals surface area contributed by atoms with Crippen molar-refractivity contribution in [1.29, 1.82) is 0 Å². The lowest BCUT2D eigenvalue weighted by molar-refractivity contribution is -0.383. The van der Waals surface area contributed by atoms with E-state index in [-0.39, 0.29) is 23.0 Å². The van der Waals surface area contributed by atoms with Gasteiger partial charge in [-0.1, -0.05) is 48.2 Å². The molecule has 0 radical (unpaired) electrons. The highest BCUT2D eigenvalue weighted by atomic mass is 32.2. The first-order valence-electron chi connectivity index (χ1n) is 9.30. The summed E-state index contributed by atoms with van der Waals surface area (Å²) in [4.78, 5) is 24.2.